The minimum absolute atomic E-state index is 0.297. The highest BCUT2D eigenvalue weighted by Gasteiger charge is 2.20. The van der Waals surface area contributed by atoms with Crippen molar-refractivity contribution in [2.24, 2.45) is 0 Å². The van der Waals surface area contributed by atoms with Crippen molar-refractivity contribution in [3.8, 4) is 0 Å². The zero-order valence-electron chi connectivity index (χ0n) is 12.2. The van der Waals surface area contributed by atoms with Gasteiger partial charge in [-0.3, -0.25) is 10.4 Å². The molecule has 0 saturated heterocycles. The molecule has 0 aliphatic rings. The van der Waals surface area contributed by atoms with E-state index in [0.29, 0.717) is 6.54 Å². The maximum absolute atomic E-state index is 12.0. The monoisotopic (exact) mass is 295 g/mol. The summed E-state index contributed by atoms with van der Waals surface area (Å²) in [6.07, 6.45) is 1.79. The van der Waals surface area contributed by atoms with Crippen LogP contribution in [0, 0.1) is 0 Å². The number of benzene rings is 2. The third kappa shape index (κ3) is 2.99. The number of ether oxygens (including phenoxy) is 1. The van der Waals surface area contributed by atoms with Crippen molar-refractivity contribution in [3.05, 3.63) is 65.9 Å². The topological polar surface area (TPSA) is 67.0 Å². The van der Waals surface area contributed by atoms with E-state index >= 15 is 0 Å². The average molecular weight is 295 g/mol. The zero-order valence-corrected chi connectivity index (χ0v) is 12.2. The molecule has 1 unspecified atom stereocenters. The van der Waals surface area contributed by atoms with Crippen LogP contribution in [0.1, 0.15) is 17.2 Å². The van der Waals surface area contributed by atoms with E-state index < -0.39 is 6.04 Å². The van der Waals surface area contributed by atoms with Crippen LogP contribution in [0.4, 0.5) is 0 Å². The molecule has 0 radical (unpaired) electrons. The van der Waals surface area contributed by atoms with E-state index in [1.165, 1.54) is 7.11 Å². The average Bonchev–Trinajstić information content (AvgIpc) is 3.03. The molecule has 0 aliphatic heterocycles. The molecule has 0 amide bonds. The van der Waals surface area contributed by atoms with Crippen molar-refractivity contribution in [1.29, 1.82) is 0 Å². The van der Waals surface area contributed by atoms with E-state index in [0.717, 1.165) is 22.0 Å². The van der Waals surface area contributed by atoms with Gasteiger partial charge < -0.3 is 4.74 Å². The molecular formula is C17H17N3O2. The predicted octanol–water partition coefficient (Wildman–Crippen LogP) is 2.57. The molecule has 1 heterocycles. The molecule has 1 atom stereocenters. The predicted molar refractivity (Wildman–Crippen MR) is 84.1 cm³/mol. The first kappa shape index (κ1) is 14.3. The minimum Gasteiger partial charge on any atom is -0.468 e. The molecule has 0 saturated carbocycles. The summed E-state index contributed by atoms with van der Waals surface area (Å²) in [7, 11) is 1.40. The number of rotatable bonds is 5. The number of H-pyrrole nitrogens is 1. The van der Waals surface area contributed by atoms with Crippen LogP contribution in [-0.4, -0.2) is 23.3 Å². The maximum Gasteiger partial charge on any atom is 0.327 e. The molecule has 2 N–H and O–H groups in total. The molecule has 3 aromatic rings. The molecule has 0 bridgehead atoms. The van der Waals surface area contributed by atoms with Gasteiger partial charge in [-0.1, -0.05) is 42.5 Å². The first-order valence-electron chi connectivity index (χ1n) is 7.06. The number of methoxy groups -OCH3 is 1. The number of aromatic amines is 1. The molecule has 2 aromatic carbocycles. The van der Waals surface area contributed by atoms with Crippen LogP contribution < -0.4 is 5.32 Å². The Hall–Kier alpha value is -2.66. The molecule has 1 aromatic heterocycles. The molecular weight excluding hydrogens is 278 g/mol. The van der Waals surface area contributed by atoms with Crippen LogP contribution >= 0.6 is 0 Å². The Morgan fingerprint density at radius 3 is 2.86 bits per heavy atom. The van der Waals surface area contributed by atoms with E-state index in [1.807, 2.05) is 48.5 Å². The van der Waals surface area contributed by atoms with Gasteiger partial charge in [-0.2, -0.15) is 5.10 Å². The van der Waals surface area contributed by atoms with Gasteiger partial charge in [0.05, 0.1) is 18.8 Å². The highest BCUT2D eigenvalue weighted by Crippen LogP contribution is 2.17. The van der Waals surface area contributed by atoms with Crippen LogP contribution in [0.3, 0.4) is 0 Å². The fourth-order valence-electron chi connectivity index (χ4n) is 2.41. The highest BCUT2D eigenvalue weighted by atomic mass is 16.5. The largest absolute Gasteiger partial charge is 0.468 e. The lowest BCUT2D eigenvalue weighted by Crippen LogP contribution is -2.29. The summed E-state index contributed by atoms with van der Waals surface area (Å²) in [5, 5.41) is 11.3. The van der Waals surface area contributed by atoms with Gasteiger partial charge >= 0.3 is 5.97 Å². The van der Waals surface area contributed by atoms with Gasteiger partial charge in [0, 0.05) is 11.9 Å². The summed E-state index contributed by atoms with van der Waals surface area (Å²) in [5.41, 5.74) is 2.94. The van der Waals surface area contributed by atoms with Crippen LogP contribution in [0.2, 0.25) is 0 Å². The van der Waals surface area contributed by atoms with E-state index in [9.17, 15) is 4.79 Å². The molecule has 3 rings (SSSR count). The number of nitrogens with zero attached hydrogens (tertiary/aromatic N) is 1. The SMILES string of the molecule is COC(=O)C(NCc1ccc2cn[nH]c2c1)c1ccccc1. The lowest BCUT2D eigenvalue weighted by atomic mass is 10.1. The number of carbonyl (C=O) groups is 1. The Bertz CT molecular complexity index is 768. The van der Waals surface area contributed by atoms with Crippen molar-refractivity contribution in [2.75, 3.05) is 7.11 Å². The summed E-state index contributed by atoms with van der Waals surface area (Å²) in [6, 6.07) is 15.1. The first-order valence-corrected chi connectivity index (χ1v) is 7.06. The van der Waals surface area contributed by atoms with E-state index in [1.54, 1.807) is 6.20 Å². The van der Waals surface area contributed by atoms with Gasteiger partial charge in [-0.05, 0) is 17.2 Å². The Morgan fingerprint density at radius 2 is 2.09 bits per heavy atom. The zero-order chi connectivity index (χ0) is 15.4. The second-order valence-corrected chi connectivity index (χ2v) is 5.04. The second kappa shape index (κ2) is 6.41. The minimum atomic E-state index is -0.483. The summed E-state index contributed by atoms with van der Waals surface area (Å²) < 4.78 is 4.90. The van der Waals surface area contributed by atoms with E-state index in [2.05, 4.69) is 15.5 Å². The normalized spacial score (nSPS) is 12.2. The van der Waals surface area contributed by atoms with Crippen LogP contribution in [0.25, 0.3) is 10.9 Å². The number of hydrogen-bond donors (Lipinski definition) is 2. The number of fused-ring (bicyclic) bond motifs is 1. The lowest BCUT2D eigenvalue weighted by molar-refractivity contribution is -0.143. The molecule has 5 heteroatoms. The highest BCUT2D eigenvalue weighted by molar-refractivity contribution is 5.79. The van der Waals surface area contributed by atoms with Gasteiger partial charge in [0.1, 0.15) is 6.04 Å². The van der Waals surface area contributed by atoms with Crippen molar-refractivity contribution < 1.29 is 9.53 Å². The number of hydrogen-bond acceptors (Lipinski definition) is 4. The third-order valence-corrected chi connectivity index (χ3v) is 3.59. The molecule has 0 aliphatic carbocycles. The van der Waals surface area contributed by atoms with Gasteiger partial charge in [0.2, 0.25) is 0 Å². The molecule has 0 spiro atoms. The second-order valence-electron chi connectivity index (χ2n) is 5.04. The van der Waals surface area contributed by atoms with Crippen LogP contribution in [0.5, 0.6) is 0 Å². The fraction of sp³-hybridized carbons (Fsp3) is 0.176. The Labute approximate surface area is 128 Å². The van der Waals surface area contributed by atoms with Crippen molar-refractivity contribution >= 4 is 16.9 Å². The Kier molecular flexibility index (Phi) is 4.16. The molecule has 112 valence electrons. The third-order valence-electron chi connectivity index (χ3n) is 3.59. The van der Waals surface area contributed by atoms with Gasteiger partial charge in [0.25, 0.3) is 0 Å². The summed E-state index contributed by atoms with van der Waals surface area (Å²) in [4.78, 5) is 12.0. The lowest BCUT2D eigenvalue weighted by Gasteiger charge is -2.17. The standard InChI is InChI=1S/C17H17N3O2/c1-22-17(21)16(13-5-3-2-4-6-13)18-10-12-7-8-14-11-19-20-15(14)9-12/h2-9,11,16,18H,10H2,1H3,(H,19,20). The summed E-state index contributed by atoms with van der Waals surface area (Å²) >= 11 is 0. The first-order chi connectivity index (χ1) is 10.8. The summed E-state index contributed by atoms with van der Waals surface area (Å²) in [6.45, 7) is 0.559. The van der Waals surface area contributed by atoms with E-state index in [4.69, 9.17) is 4.74 Å². The van der Waals surface area contributed by atoms with Gasteiger partial charge in [-0.15, -0.1) is 0 Å². The Balaban J connectivity index is 1.77. The number of nitrogens with one attached hydrogen (secondary N) is 2. The van der Waals surface area contributed by atoms with Gasteiger partial charge in [0.15, 0.2) is 0 Å². The van der Waals surface area contributed by atoms with Crippen molar-refractivity contribution in [2.45, 2.75) is 12.6 Å². The fourth-order valence-corrected chi connectivity index (χ4v) is 2.41. The Morgan fingerprint density at radius 1 is 1.27 bits per heavy atom. The van der Waals surface area contributed by atoms with Gasteiger partial charge in [-0.25, -0.2) is 4.79 Å². The van der Waals surface area contributed by atoms with Crippen molar-refractivity contribution in [1.82, 2.24) is 15.5 Å². The number of carbonyl (C=O) groups excluding carboxylic acids is 1. The number of aromatic nitrogens is 2. The van der Waals surface area contributed by atoms with Crippen LogP contribution in [0.15, 0.2) is 54.7 Å². The molecule has 0 fully saturated rings. The van der Waals surface area contributed by atoms with Crippen molar-refractivity contribution in [3.63, 3.8) is 0 Å². The summed E-state index contributed by atoms with van der Waals surface area (Å²) in [5.74, 6) is -0.297. The molecule has 22 heavy (non-hydrogen) atoms. The molecule has 5 nitrogen and oxygen atoms in total. The maximum atomic E-state index is 12.0. The smallest absolute Gasteiger partial charge is 0.327 e. The van der Waals surface area contributed by atoms with E-state index in [-0.39, 0.29) is 5.97 Å². The quantitative estimate of drug-likeness (QED) is 0.710. The number of esters is 1. The van der Waals surface area contributed by atoms with Crippen LogP contribution in [-0.2, 0) is 16.1 Å².